The van der Waals surface area contributed by atoms with Crippen molar-refractivity contribution >= 4 is 5.97 Å². The lowest BCUT2D eigenvalue weighted by Crippen LogP contribution is -2.08. The molecule has 0 saturated carbocycles. The van der Waals surface area contributed by atoms with Gasteiger partial charge in [-0.05, 0) is 22.8 Å². The molecule has 100 valence electrons. The van der Waals surface area contributed by atoms with Crippen LogP contribution in [0.5, 0.6) is 5.75 Å². The SMILES string of the molecule is C=CC(=O)OCOc1cccc2c1Cc1ccccc1-2. The van der Waals surface area contributed by atoms with E-state index in [0.29, 0.717) is 0 Å². The molecule has 0 bridgehead atoms. The predicted molar refractivity (Wildman–Crippen MR) is 76.5 cm³/mol. The van der Waals surface area contributed by atoms with Crippen molar-refractivity contribution in [2.45, 2.75) is 6.42 Å². The van der Waals surface area contributed by atoms with Gasteiger partial charge in [-0.1, -0.05) is 43.0 Å². The average molecular weight is 266 g/mol. The Morgan fingerprint density at radius 2 is 1.95 bits per heavy atom. The standard InChI is InChI=1S/C17H14O3/c1-2-17(18)20-11-19-16-9-5-8-14-13-7-4-3-6-12(13)10-15(14)16/h2-9H,1,10-11H2. The second-order valence-corrected chi connectivity index (χ2v) is 4.55. The van der Waals surface area contributed by atoms with Crippen LogP contribution in [0.2, 0.25) is 0 Å². The third-order valence-corrected chi connectivity index (χ3v) is 3.39. The van der Waals surface area contributed by atoms with E-state index >= 15 is 0 Å². The van der Waals surface area contributed by atoms with Crippen LogP contribution in [-0.2, 0) is 16.0 Å². The quantitative estimate of drug-likeness (QED) is 0.413. The van der Waals surface area contributed by atoms with Crippen LogP contribution in [0.15, 0.2) is 55.1 Å². The molecular weight excluding hydrogens is 252 g/mol. The Balaban J connectivity index is 1.82. The van der Waals surface area contributed by atoms with Crippen LogP contribution in [-0.4, -0.2) is 12.8 Å². The van der Waals surface area contributed by atoms with Gasteiger partial charge in [-0.3, -0.25) is 0 Å². The summed E-state index contributed by atoms with van der Waals surface area (Å²) in [4.78, 5) is 11.0. The van der Waals surface area contributed by atoms with Crippen molar-refractivity contribution in [3.63, 3.8) is 0 Å². The second-order valence-electron chi connectivity index (χ2n) is 4.55. The van der Waals surface area contributed by atoms with Gasteiger partial charge in [-0.15, -0.1) is 0 Å². The summed E-state index contributed by atoms with van der Waals surface area (Å²) >= 11 is 0. The maximum atomic E-state index is 11.0. The van der Waals surface area contributed by atoms with Crippen molar-refractivity contribution in [1.29, 1.82) is 0 Å². The first-order chi connectivity index (χ1) is 9.79. The molecule has 3 nitrogen and oxygen atoms in total. The van der Waals surface area contributed by atoms with E-state index in [0.717, 1.165) is 23.8 Å². The summed E-state index contributed by atoms with van der Waals surface area (Å²) in [5.74, 6) is 0.274. The Morgan fingerprint density at radius 1 is 1.15 bits per heavy atom. The fourth-order valence-corrected chi connectivity index (χ4v) is 2.47. The fraction of sp³-hybridized carbons (Fsp3) is 0.118. The van der Waals surface area contributed by atoms with E-state index in [1.807, 2.05) is 24.3 Å². The number of esters is 1. The van der Waals surface area contributed by atoms with Crippen molar-refractivity contribution < 1.29 is 14.3 Å². The molecule has 1 aliphatic rings. The minimum Gasteiger partial charge on any atom is -0.457 e. The smallest absolute Gasteiger partial charge is 0.333 e. The molecule has 0 N–H and O–H groups in total. The first-order valence-electron chi connectivity index (χ1n) is 6.42. The monoisotopic (exact) mass is 266 g/mol. The molecule has 0 radical (unpaired) electrons. The van der Waals surface area contributed by atoms with Crippen molar-refractivity contribution in [2.24, 2.45) is 0 Å². The first kappa shape index (κ1) is 12.5. The number of carbonyl (C=O) groups is 1. The fourth-order valence-electron chi connectivity index (χ4n) is 2.47. The maximum Gasteiger partial charge on any atom is 0.333 e. The van der Waals surface area contributed by atoms with Gasteiger partial charge in [0.2, 0.25) is 6.79 Å². The highest BCUT2D eigenvalue weighted by Gasteiger charge is 2.21. The van der Waals surface area contributed by atoms with E-state index in [4.69, 9.17) is 9.47 Å². The Bertz CT molecular complexity index is 674. The minimum absolute atomic E-state index is 0.0996. The first-order valence-corrected chi connectivity index (χ1v) is 6.42. The molecule has 0 aromatic heterocycles. The van der Waals surface area contributed by atoms with E-state index in [9.17, 15) is 4.79 Å². The third kappa shape index (κ3) is 2.18. The molecule has 0 amide bonds. The van der Waals surface area contributed by atoms with Crippen LogP contribution in [0.25, 0.3) is 11.1 Å². The largest absolute Gasteiger partial charge is 0.457 e. The highest BCUT2D eigenvalue weighted by molar-refractivity contribution is 5.81. The van der Waals surface area contributed by atoms with E-state index in [1.54, 1.807) is 0 Å². The number of benzene rings is 2. The van der Waals surface area contributed by atoms with Crippen molar-refractivity contribution in [3.8, 4) is 16.9 Å². The maximum absolute atomic E-state index is 11.0. The molecule has 0 heterocycles. The predicted octanol–water partition coefficient (Wildman–Crippen LogP) is 3.32. The summed E-state index contributed by atoms with van der Waals surface area (Å²) < 4.78 is 10.4. The highest BCUT2D eigenvalue weighted by atomic mass is 16.7. The van der Waals surface area contributed by atoms with Gasteiger partial charge in [0.25, 0.3) is 0 Å². The third-order valence-electron chi connectivity index (χ3n) is 3.39. The summed E-state index contributed by atoms with van der Waals surface area (Å²) in [5.41, 5.74) is 4.87. The Labute approximate surface area is 117 Å². The summed E-state index contributed by atoms with van der Waals surface area (Å²) in [5, 5.41) is 0. The highest BCUT2D eigenvalue weighted by Crippen LogP contribution is 2.40. The molecule has 2 aromatic carbocycles. The van der Waals surface area contributed by atoms with E-state index in [1.165, 1.54) is 16.7 Å². The summed E-state index contributed by atoms with van der Waals surface area (Å²) in [6, 6.07) is 14.2. The number of carbonyl (C=O) groups excluding carboxylic acids is 1. The summed E-state index contributed by atoms with van der Waals surface area (Å²) in [6.45, 7) is 3.24. The second kappa shape index (κ2) is 5.21. The molecule has 3 heteroatoms. The topological polar surface area (TPSA) is 35.5 Å². The van der Waals surface area contributed by atoms with Crippen LogP contribution < -0.4 is 4.74 Å². The molecule has 0 aliphatic heterocycles. The number of rotatable bonds is 4. The molecule has 0 unspecified atom stereocenters. The van der Waals surface area contributed by atoms with Gasteiger partial charge < -0.3 is 9.47 Å². The zero-order chi connectivity index (χ0) is 13.9. The van der Waals surface area contributed by atoms with E-state index in [2.05, 4.69) is 24.8 Å². The van der Waals surface area contributed by atoms with Crippen LogP contribution in [0.4, 0.5) is 0 Å². The Hall–Kier alpha value is -2.55. The Morgan fingerprint density at radius 3 is 2.80 bits per heavy atom. The zero-order valence-corrected chi connectivity index (χ0v) is 11.0. The van der Waals surface area contributed by atoms with Gasteiger partial charge in [-0.25, -0.2) is 4.79 Å². The number of ether oxygens (including phenoxy) is 2. The lowest BCUT2D eigenvalue weighted by atomic mass is 10.1. The van der Waals surface area contributed by atoms with Crippen LogP contribution in [0.3, 0.4) is 0 Å². The van der Waals surface area contributed by atoms with Crippen LogP contribution in [0, 0.1) is 0 Å². The van der Waals surface area contributed by atoms with E-state index < -0.39 is 5.97 Å². The Kier molecular flexibility index (Phi) is 3.25. The molecule has 20 heavy (non-hydrogen) atoms. The zero-order valence-electron chi connectivity index (χ0n) is 11.0. The van der Waals surface area contributed by atoms with Crippen molar-refractivity contribution in [3.05, 3.63) is 66.2 Å². The van der Waals surface area contributed by atoms with Gasteiger partial charge in [0.05, 0.1) is 0 Å². The normalized spacial score (nSPS) is 11.4. The molecule has 3 rings (SSSR count). The summed E-state index contributed by atoms with van der Waals surface area (Å²) in [7, 11) is 0. The molecule has 0 saturated heterocycles. The molecule has 0 fully saturated rings. The molecular formula is C17H14O3. The molecule has 2 aromatic rings. The van der Waals surface area contributed by atoms with Gasteiger partial charge >= 0.3 is 5.97 Å². The van der Waals surface area contributed by atoms with Gasteiger partial charge in [0, 0.05) is 18.1 Å². The number of hydrogen-bond acceptors (Lipinski definition) is 3. The van der Waals surface area contributed by atoms with Gasteiger partial charge in [0.15, 0.2) is 0 Å². The molecule has 1 aliphatic carbocycles. The van der Waals surface area contributed by atoms with Crippen LogP contribution >= 0.6 is 0 Å². The summed E-state index contributed by atoms with van der Waals surface area (Å²) in [6.07, 6.45) is 1.96. The average Bonchev–Trinajstić information content (AvgIpc) is 2.86. The number of hydrogen-bond donors (Lipinski definition) is 0. The molecule has 0 spiro atoms. The minimum atomic E-state index is -0.485. The lowest BCUT2D eigenvalue weighted by Gasteiger charge is -2.10. The van der Waals surface area contributed by atoms with Crippen LogP contribution in [0.1, 0.15) is 11.1 Å². The van der Waals surface area contributed by atoms with Crippen molar-refractivity contribution in [1.82, 2.24) is 0 Å². The van der Waals surface area contributed by atoms with Crippen molar-refractivity contribution in [2.75, 3.05) is 6.79 Å². The molecule has 0 atom stereocenters. The lowest BCUT2D eigenvalue weighted by molar-refractivity contribution is -0.144. The van der Waals surface area contributed by atoms with Gasteiger partial charge in [-0.2, -0.15) is 0 Å². The van der Waals surface area contributed by atoms with Gasteiger partial charge in [0.1, 0.15) is 5.75 Å². The van der Waals surface area contributed by atoms with E-state index in [-0.39, 0.29) is 6.79 Å². The number of fused-ring (bicyclic) bond motifs is 3.